The minimum absolute atomic E-state index is 0.0365. The van der Waals surface area contributed by atoms with E-state index in [0.29, 0.717) is 18.7 Å². The summed E-state index contributed by atoms with van der Waals surface area (Å²) >= 11 is 0. The highest BCUT2D eigenvalue weighted by atomic mass is 16.3. The molecule has 2 rings (SSSR count). The maximum atomic E-state index is 11.7. The number of unbranched alkanes of at least 4 members (excludes halogenated alkanes) is 2. The summed E-state index contributed by atoms with van der Waals surface area (Å²) in [4.78, 5) is 15.6. The van der Waals surface area contributed by atoms with Crippen molar-refractivity contribution in [1.82, 2.24) is 4.98 Å². The molecule has 3 N–H and O–H groups in total. The second-order valence-corrected chi connectivity index (χ2v) is 4.59. The first kappa shape index (κ1) is 14.3. The molecule has 0 bridgehead atoms. The lowest BCUT2D eigenvalue weighted by Crippen LogP contribution is -2.11. The van der Waals surface area contributed by atoms with E-state index in [0.717, 1.165) is 30.5 Å². The van der Waals surface area contributed by atoms with E-state index in [2.05, 4.69) is 10.3 Å². The summed E-state index contributed by atoms with van der Waals surface area (Å²) < 4.78 is 5.21. The second-order valence-electron chi connectivity index (χ2n) is 4.59. The molecule has 5 heteroatoms. The molecule has 1 amide bonds. The number of rotatable bonds is 7. The van der Waals surface area contributed by atoms with E-state index in [1.54, 1.807) is 6.20 Å². The first-order chi connectivity index (χ1) is 9.79. The normalized spacial score (nSPS) is 10.4. The van der Waals surface area contributed by atoms with Crippen molar-refractivity contribution in [2.24, 2.45) is 5.73 Å². The largest absolute Gasteiger partial charge is 0.444 e. The molecule has 0 unspecified atom stereocenters. The molecule has 0 saturated carbocycles. The van der Waals surface area contributed by atoms with Crippen LogP contribution in [0.2, 0.25) is 0 Å². The average Bonchev–Trinajstić information content (AvgIpc) is 2.99. The van der Waals surface area contributed by atoms with Crippen molar-refractivity contribution < 1.29 is 9.21 Å². The van der Waals surface area contributed by atoms with Gasteiger partial charge in [0.05, 0.1) is 6.20 Å². The fourth-order valence-corrected chi connectivity index (χ4v) is 1.91. The summed E-state index contributed by atoms with van der Waals surface area (Å²) in [6.07, 6.45) is 6.42. The predicted octanol–water partition coefficient (Wildman–Crippen LogP) is 2.80. The molecule has 0 radical (unpaired) electrons. The smallest absolute Gasteiger partial charge is 0.224 e. The van der Waals surface area contributed by atoms with Gasteiger partial charge in [0, 0.05) is 17.7 Å². The third-order valence-electron chi connectivity index (χ3n) is 2.99. The lowest BCUT2D eigenvalue weighted by atomic mass is 10.1. The number of anilines is 1. The fourth-order valence-electron chi connectivity index (χ4n) is 1.91. The van der Waals surface area contributed by atoms with Crippen LogP contribution >= 0.6 is 0 Å². The van der Waals surface area contributed by atoms with E-state index in [1.807, 2.05) is 24.3 Å². The van der Waals surface area contributed by atoms with Gasteiger partial charge in [-0.25, -0.2) is 4.98 Å². The maximum Gasteiger partial charge on any atom is 0.224 e. The molecule has 0 aliphatic rings. The van der Waals surface area contributed by atoms with Crippen molar-refractivity contribution in [3.05, 3.63) is 36.9 Å². The molecule has 106 valence electrons. The molecule has 1 aromatic heterocycles. The van der Waals surface area contributed by atoms with E-state index in [1.165, 1.54) is 6.39 Å². The Balaban J connectivity index is 1.83. The number of amides is 1. The van der Waals surface area contributed by atoms with Gasteiger partial charge in [0.1, 0.15) is 0 Å². The Kier molecular flexibility index (Phi) is 5.32. The second kappa shape index (κ2) is 7.45. The molecular weight excluding hydrogens is 254 g/mol. The number of benzene rings is 1. The van der Waals surface area contributed by atoms with E-state index in [4.69, 9.17) is 10.2 Å². The number of hydrogen-bond donors (Lipinski definition) is 2. The van der Waals surface area contributed by atoms with Crippen molar-refractivity contribution in [2.45, 2.75) is 25.7 Å². The highest BCUT2D eigenvalue weighted by molar-refractivity contribution is 5.90. The molecule has 0 atom stereocenters. The lowest BCUT2D eigenvalue weighted by molar-refractivity contribution is -0.116. The van der Waals surface area contributed by atoms with Gasteiger partial charge < -0.3 is 15.5 Å². The van der Waals surface area contributed by atoms with Crippen LogP contribution < -0.4 is 11.1 Å². The summed E-state index contributed by atoms with van der Waals surface area (Å²) in [6, 6.07) is 7.50. The van der Waals surface area contributed by atoms with Crippen LogP contribution in [-0.4, -0.2) is 17.4 Å². The first-order valence-electron chi connectivity index (χ1n) is 6.78. The van der Waals surface area contributed by atoms with Gasteiger partial charge in [0.15, 0.2) is 12.2 Å². The maximum absolute atomic E-state index is 11.7. The van der Waals surface area contributed by atoms with Crippen LogP contribution in [0, 0.1) is 0 Å². The van der Waals surface area contributed by atoms with Crippen molar-refractivity contribution in [3.63, 3.8) is 0 Å². The van der Waals surface area contributed by atoms with Gasteiger partial charge in [-0.05, 0) is 43.7 Å². The number of oxazole rings is 1. The first-order valence-corrected chi connectivity index (χ1v) is 6.78. The molecule has 0 fully saturated rings. The summed E-state index contributed by atoms with van der Waals surface area (Å²) in [7, 11) is 0. The van der Waals surface area contributed by atoms with Gasteiger partial charge in [0.25, 0.3) is 0 Å². The van der Waals surface area contributed by atoms with Crippen molar-refractivity contribution in [3.8, 4) is 11.3 Å². The fraction of sp³-hybridized carbons (Fsp3) is 0.333. The minimum atomic E-state index is 0.0365. The molecule has 1 aromatic carbocycles. The van der Waals surface area contributed by atoms with Gasteiger partial charge in [0.2, 0.25) is 5.91 Å². The Labute approximate surface area is 118 Å². The van der Waals surface area contributed by atoms with Crippen LogP contribution in [0.1, 0.15) is 25.7 Å². The van der Waals surface area contributed by atoms with Gasteiger partial charge in [-0.3, -0.25) is 4.79 Å². The number of hydrogen-bond acceptors (Lipinski definition) is 4. The summed E-state index contributed by atoms with van der Waals surface area (Å²) in [5.41, 5.74) is 7.13. The van der Waals surface area contributed by atoms with Crippen LogP contribution in [0.5, 0.6) is 0 Å². The van der Waals surface area contributed by atoms with Crippen LogP contribution in [0.4, 0.5) is 5.69 Å². The quantitative estimate of drug-likeness (QED) is 0.760. The number of nitrogens with two attached hydrogens (primary N) is 1. The van der Waals surface area contributed by atoms with E-state index >= 15 is 0 Å². The Bertz CT molecular complexity index is 521. The van der Waals surface area contributed by atoms with Gasteiger partial charge >= 0.3 is 0 Å². The van der Waals surface area contributed by atoms with Crippen LogP contribution in [0.3, 0.4) is 0 Å². The van der Waals surface area contributed by atoms with E-state index in [9.17, 15) is 4.79 Å². The number of nitrogens with zero attached hydrogens (tertiary/aromatic N) is 1. The van der Waals surface area contributed by atoms with E-state index < -0.39 is 0 Å². The van der Waals surface area contributed by atoms with Crippen molar-refractivity contribution >= 4 is 11.6 Å². The SMILES string of the molecule is NCCCCCC(=O)Nc1ccc(-c2cnco2)cc1. The van der Waals surface area contributed by atoms with Crippen LogP contribution in [-0.2, 0) is 4.79 Å². The minimum Gasteiger partial charge on any atom is -0.444 e. The lowest BCUT2D eigenvalue weighted by Gasteiger charge is -2.05. The van der Waals surface area contributed by atoms with Crippen molar-refractivity contribution in [1.29, 1.82) is 0 Å². The Hall–Kier alpha value is -2.14. The third-order valence-corrected chi connectivity index (χ3v) is 2.99. The highest BCUT2D eigenvalue weighted by Gasteiger charge is 2.04. The van der Waals surface area contributed by atoms with E-state index in [-0.39, 0.29) is 5.91 Å². The standard InChI is InChI=1S/C15H19N3O2/c16-9-3-1-2-4-15(19)18-13-7-5-12(6-8-13)14-10-17-11-20-14/h5-8,10-11H,1-4,9,16H2,(H,18,19). The number of carbonyl (C=O) groups excluding carboxylic acids is 1. The summed E-state index contributed by atoms with van der Waals surface area (Å²) in [5, 5.41) is 2.87. The Morgan fingerprint density at radius 2 is 2.00 bits per heavy atom. The Morgan fingerprint density at radius 1 is 1.20 bits per heavy atom. The molecule has 1 heterocycles. The number of carbonyl (C=O) groups is 1. The monoisotopic (exact) mass is 273 g/mol. The zero-order chi connectivity index (χ0) is 14.2. The number of aromatic nitrogens is 1. The average molecular weight is 273 g/mol. The topological polar surface area (TPSA) is 81.2 Å². The third kappa shape index (κ3) is 4.20. The zero-order valence-electron chi connectivity index (χ0n) is 11.3. The predicted molar refractivity (Wildman–Crippen MR) is 78.1 cm³/mol. The van der Waals surface area contributed by atoms with Gasteiger partial charge in [-0.15, -0.1) is 0 Å². The molecule has 5 nitrogen and oxygen atoms in total. The summed E-state index contributed by atoms with van der Waals surface area (Å²) in [5.74, 6) is 0.749. The van der Waals surface area contributed by atoms with Crippen LogP contribution in [0.15, 0.2) is 41.3 Å². The van der Waals surface area contributed by atoms with Gasteiger partial charge in [-0.2, -0.15) is 0 Å². The van der Waals surface area contributed by atoms with Gasteiger partial charge in [-0.1, -0.05) is 6.42 Å². The molecule has 0 spiro atoms. The molecule has 20 heavy (non-hydrogen) atoms. The van der Waals surface area contributed by atoms with Crippen LogP contribution in [0.25, 0.3) is 11.3 Å². The Morgan fingerprint density at radius 3 is 2.65 bits per heavy atom. The molecule has 2 aromatic rings. The zero-order valence-corrected chi connectivity index (χ0v) is 11.3. The van der Waals surface area contributed by atoms with Crippen molar-refractivity contribution in [2.75, 3.05) is 11.9 Å². The molecule has 0 aliphatic carbocycles. The molecular formula is C15H19N3O2. The number of nitrogens with one attached hydrogen (secondary N) is 1. The highest BCUT2D eigenvalue weighted by Crippen LogP contribution is 2.20. The molecule has 0 saturated heterocycles. The molecule has 0 aliphatic heterocycles. The summed E-state index contributed by atoms with van der Waals surface area (Å²) in [6.45, 7) is 0.685.